The SMILES string of the molecule is CC(O)(Cn1c2c(c3cc(Cl)cnc31)C1CCCN1CC2)c1ccc(C(F)(F)F)nc1.COc1ccc(C(C)(O)Cn2c3c(c4cc(Cl)cnc42)C2CCCN2CC3)cn1.OC(Cn1c2c(c3cc(Cl)cnc31)C1CCCN1CC2)c1ccc(Cl)cn1.OC(Cn1c2c(c3cc(Cl)cnc31)C1CCCN1CC2)c1ccc(F)cn1. The molecule has 0 aliphatic carbocycles. The van der Waals surface area contributed by atoms with E-state index < -0.39 is 41.1 Å². The minimum atomic E-state index is -4.52. The highest BCUT2D eigenvalue weighted by Crippen LogP contribution is 2.49. The molecule has 0 aromatic carbocycles. The maximum absolute atomic E-state index is 13.1. The topological polar surface area (TPSA) is 226 Å². The van der Waals surface area contributed by atoms with Gasteiger partial charge in [-0.25, -0.2) is 29.3 Å². The fraction of sp³-hybridized carbons (Fsp3) is 0.429. The number of halogens is 9. The molecule has 114 heavy (non-hydrogen) atoms. The van der Waals surface area contributed by atoms with E-state index in [1.807, 2.05) is 41.8 Å². The smallest absolute Gasteiger partial charge is 0.433 e. The highest BCUT2D eigenvalue weighted by Gasteiger charge is 2.43. The van der Waals surface area contributed by atoms with Crippen LogP contribution in [0.1, 0.15) is 175 Å². The fourth-order valence-corrected chi connectivity index (χ4v) is 20.0. The third-order valence-corrected chi connectivity index (χ3v) is 25.5. The van der Waals surface area contributed by atoms with Crippen LogP contribution in [0.4, 0.5) is 17.6 Å². The quantitative estimate of drug-likeness (QED) is 0.0787. The second-order valence-corrected chi connectivity index (χ2v) is 33.8. The first-order chi connectivity index (χ1) is 54.9. The van der Waals surface area contributed by atoms with Crippen LogP contribution < -0.4 is 4.74 Å². The van der Waals surface area contributed by atoms with Crippen molar-refractivity contribution < 1.29 is 42.7 Å². The maximum Gasteiger partial charge on any atom is 0.433 e. The van der Waals surface area contributed by atoms with Crippen molar-refractivity contribution in [1.82, 2.24) is 77.7 Å². The Bertz CT molecular complexity index is 5410. The number of rotatable bonds is 13. The normalized spacial score (nSPS) is 20.9. The second kappa shape index (κ2) is 31.8. The van der Waals surface area contributed by atoms with Crippen molar-refractivity contribution in [1.29, 1.82) is 0 Å². The molecule has 12 aromatic heterocycles. The van der Waals surface area contributed by atoms with Crippen molar-refractivity contribution in [2.45, 2.75) is 171 Å². The summed E-state index contributed by atoms with van der Waals surface area (Å²) in [6.07, 6.45) is 19.0. The van der Waals surface area contributed by atoms with Crippen LogP contribution in [0, 0.1) is 5.82 Å². The van der Waals surface area contributed by atoms with Gasteiger partial charge in [0.05, 0.1) is 76.0 Å². The summed E-state index contributed by atoms with van der Waals surface area (Å²) in [7, 11) is 1.58. The molecule has 596 valence electrons. The van der Waals surface area contributed by atoms with Gasteiger partial charge in [0, 0.05) is 181 Å². The Morgan fingerprint density at radius 2 is 0.772 bits per heavy atom. The number of pyridine rings is 8. The number of aliphatic hydroxyl groups is 4. The average molecular weight is 1650 g/mol. The van der Waals surface area contributed by atoms with Crippen LogP contribution in [-0.2, 0) is 69.2 Å². The molecule has 0 amide bonds. The Hall–Kier alpha value is -7.99. The van der Waals surface area contributed by atoms with Gasteiger partial charge >= 0.3 is 6.18 Å². The third-order valence-electron chi connectivity index (χ3n) is 24.5. The number of hydrogen-bond acceptors (Lipinski definition) is 17. The van der Waals surface area contributed by atoms with Crippen molar-refractivity contribution in [2.75, 3.05) is 59.5 Å². The number of nitrogens with zero attached hydrogens (tertiary/aromatic N) is 16. The summed E-state index contributed by atoms with van der Waals surface area (Å²) in [5.41, 5.74) is 12.1. The van der Waals surface area contributed by atoms with Crippen molar-refractivity contribution in [3.05, 3.63) is 227 Å². The van der Waals surface area contributed by atoms with Gasteiger partial charge in [0.2, 0.25) is 5.88 Å². The minimum Gasteiger partial charge on any atom is -0.481 e. The third kappa shape index (κ3) is 15.1. The molecule has 8 atom stereocenters. The molecule has 4 saturated heterocycles. The summed E-state index contributed by atoms with van der Waals surface area (Å²) in [6.45, 7) is 13.3. The van der Waals surface area contributed by atoms with Crippen molar-refractivity contribution >= 4 is 102 Å². The molecule has 8 aliphatic rings. The number of hydrogen-bond donors (Lipinski definition) is 4. The Morgan fingerprint density at radius 1 is 0.421 bits per heavy atom. The molecule has 8 unspecified atom stereocenters. The Labute approximate surface area is 681 Å². The fourth-order valence-electron chi connectivity index (χ4n) is 19.3. The Morgan fingerprint density at radius 3 is 1.10 bits per heavy atom. The van der Waals surface area contributed by atoms with Gasteiger partial charge in [0.1, 0.15) is 57.5 Å². The number of alkyl halides is 3. The van der Waals surface area contributed by atoms with Crippen LogP contribution in [0.25, 0.3) is 44.1 Å². The molecule has 12 aromatic rings. The van der Waals surface area contributed by atoms with Gasteiger partial charge in [0.25, 0.3) is 0 Å². The standard InChI is InChI=1S/C22H22ClF3N4O.C22H25ClN4O2.C20H20Cl2N4O.C20H20ClFN4O/c1-21(31,13-4-5-18(27-10-13)22(24,25)26)12-30-17-6-8-29-7-2-3-16(29)19(17)15-9-14(23)11-28-20(15)30;1-22(28,14-5-6-19(29-2)24-11-14)13-27-18-7-9-26-8-3-4-17(26)20(18)16-10-15(23)12-25-21(16)27;21-12-3-4-15(23-9-12)18(27)11-26-17-5-7-25-6-1-2-16(25)19(17)14-8-13(22)10-24-20(14)26;21-12-8-14-19-16-2-1-6-25(16)7-5-17(19)26(20(14)24-9-12)11-18(27)15-4-3-13(22)10-23-15/h4-5,9-11,16,31H,2-3,6-8,12H2,1H3;5-6,10-12,17,28H,3-4,7-9,13H2,1-2H3;2*3-4,8-10,16,18,27H,1-2,5-7,11H2. The highest BCUT2D eigenvalue weighted by atomic mass is 35.5. The molecule has 20 heterocycles. The molecule has 30 heteroatoms. The number of methoxy groups -OCH3 is 1. The van der Waals surface area contributed by atoms with Gasteiger partial charge < -0.3 is 43.4 Å². The Balaban J connectivity index is 0.000000110. The van der Waals surface area contributed by atoms with Crippen molar-refractivity contribution in [2.24, 2.45) is 0 Å². The lowest BCUT2D eigenvalue weighted by atomic mass is 9.95. The lowest BCUT2D eigenvalue weighted by molar-refractivity contribution is -0.141. The molecule has 4 fully saturated rings. The lowest BCUT2D eigenvalue weighted by Crippen LogP contribution is -2.33. The second-order valence-electron chi connectivity index (χ2n) is 31.6. The van der Waals surface area contributed by atoms with Crippen LogP contribution in [0.5, 0.6) is 5.88 Å². The summed E-state index contributed by atoms with van der Waals surface area (Å²) in [6, 6.07) is 21.8. The van der Waals surface area contributed by atoms with Crippen molar-refractivity contribution in [3.63, 3.8) is 0 Å². The van der Waals surface area contributed by atoms with Crippen molar-refractivity contribution in [3.8, 4) is 5.88 Å². The molecule has 4 N–H and O–H groups in total. The summed E-state index contributed by atoms with van der Waals surface area (Å²) in [4.78, 5) is 44.7. The van der Waals surface area contributed by atoms with E-state index in [4.69, 9.17) is 62.7 Å². The van der Waals surface area contributed by atoms with Gasteiger partial charge in [-0.15, -0.1) is 0 Å². The summed E-state index contributed by atoms with van der Waals surface area (Å²) < 4.78 is 65.4. The predicted octanol–water partition coefficient (Wildman–Crippen LogP) is 16.2. The Kier molecular flexibility index (Phi) is 21.9. The molecule has 0 saturated carbocycles. The van der Waals surface area contributed by atoms with Gasteiger partial charge in [0.15, 0.2) is 0 Å². The zero-order valence-electron chi connectivity index (χ0n) is 63.2. The van der Waals surface area contributed by atoms with Crippen LogP contribution in [0.3, 0.4) is 0 Å². The lowest BCUT2D eigenvalue weighted by Gasteiger charge is -2.32. The van der Waals surface area contributed by atoms with E-state index in [0.717, 1.165) is 178 Å². The van der Waals surface area contributed by atoms with E-state index >= 15 is 0 Å². The first-order valence-corrected chi connectivity index (χ1v) is 41.0. The van der Waals surface area contributed by atoms with Crippen LogP contribution >= 0.6 is 58.0 Å². The van der Waals surface area contributed by atoms with E-state index in [0.29, 0.717) is 91.7 Å². The molecule has 21 nitrogen and oxygen atoms in total. The van der Waals surface area contributed by atoms with Gasteiger partial charge in [-0.3, -0.25) is 34.6 Å². The zero-order chi connectivity index (χ0) is 79.2. The summed E-state index contributed by atoms with van der Waals surface area (Å²) in [5.74, 6) is 0.123. The summed E-state index contributed by atoms with van der Waals surface area (Å²) >= 11 is 31.0. The largest absolute Gasteiger partial charge is 0.481 e. The van der Waals surface area contributed by atoms with Gasteiger partial charge in [-0.2, -0.15) is 13.2 Å². The monoisotopic (exact) mass is 1650 g/mol. The average Bonchev–Trinajstić information content (AvgIpc) is 1.60. The van der Waals surface area contributed by atoms with E-state index in [-0.39, 0.29) is 6.54 Å². The zero-order valence-corrected chi connectivity index (χ0v) is 67.0. The van der Waals surface area contributed by atoms with Gasteiger partial charge in [-0.1, -0.05) is 64.1 Å². The number of fused-ring (bicyclic) bond motifs is 20. The first-order valence-electron chi connectivity index (χ1n) is 39.1. The minimum absolute atomic E-state index is 0.160. The highest BCUT2D eigenvalue weighted by molar-refractivity contribution is 6.32. The molecule has 8 aliphatic heterocycles. The van der Waals surface area contributed by atoms with Crippen LogP contribution in [0.15, 0.2) is 122 Å². The predicted molar refractivity (Wildman–Crippen MR) is 431 cm³/mol. The van der Waals surface area contributed by atoms with E-state index in [9.17, 15) is 38.0 Å². The molecular weight excluding hydrogens is 1570 g/mol. The number of aliphatic hydroxyl groups excluding tert-OH is 2. The van der Waals surface area contributed by atoms with Crippen LogP contribution in [-0.4, -0.2) is 158 Å². The molecule has 0 spiro atoms. The van der Waals surface area contributed by atoms with E-state index in [1.54, 1.807) is 69.4 Å². The summed E-state index contributed by atoms with van der Waals surface area (Å²) in [5, 5.41) is 51.5. The van der Waals surface area contributed by atoms with Crippen LogP contribution in [0.2, 0.25) is 25.1 Å². The first kappa shape index (κ1) is 78.5. The van der Waals surface area contributed by atoms with Gasteiger partial charge in [-0.05, 0) is 174 Å². The van der Waals surface area contributed by atoms with E-state index in [2.05, 4.69) is 73.2 Å². The number of aromatic nitrogens is 12. The molecular formula is C84H87Cl5F4N16O5. The molecule has 0 bridgehead atoms. The molecule has 20 rings (SSSR count). The number of ether oxygens (including phenoxy) is 1. The van der Waals surface area contributed by atoms with E-state index in [1.165, 1.54) is 83.2 Å². The molecule has 0 radical (unpaired) electrons. The maximum atomic E-state index is 13.1.